The first kappa shape index (κ1) is 8.94. The molecule has 0 heterocycles. The molecule has 2 aliphatic carbocycles. The van der Waals surface area contributed by atoms with E-state index in [0.717, 1.165) is 17.5 Å². The number of rotatable bonds is 0. The maximum Gasteiger partial charge on any atom is 0.186 e. The van der Waals surface area contributed by atoms with Gasteiger partial charge in [-0.15, -0.1) is 0 Å². The number of carbonyl (C=O) groups excluding carboxylic acids is 1. The van der Waals surface area contributed by atoms with E-state index in [0.29, 0.717) is 0 Å². The van der Waals surface area contributed by atoms with Gasteiger partial charge < -0.3 is 0 Å². The molecule has 0 radical (unpaired) electrons. The Morgan fingerprint density at radius 2 is 1.71 bits per heavy atom. The van der Waals surface area contributed by atoms with Crippen molar-refractivity contribution in [3.63, 3.8) is 0 Å². The number of ketones is 1. The number of fused-ring (bicyclic) bond motifs is 4. The third-order valence-electron chi connectivity index (χ3n) is 3.64. The Labute approximate surface area is 99.4 Å². The number of benzene rings is 2. The van der Waals surface area contributed by atoms with Crippen molar-refractivity contribution in [2.24, 2.45) is 0 Å². The van der Waals surface area contributed by atoms with E-state index in [9.17, 15) is 4.79 Å². The van der Waals surface area contributed by atoms with Gasteiger partial charge in [0.25, 0.3) is 0 Å². The molecule has 80 valence electrons. The van der Waals surface area contributed by atoms with Gasteiger partial charge in [0.15, 0.2) is 5.78 Å². The van der Waals surface area contributed by atoms with Gasteiger partial charge in [0.1, 0.15) is 0 Å². The SMILES string of the molecule is O=C1C=Cc2cc3c(cc21)-c1ccccc1C3. The molecule has 2 aromatic carbocycles. The molecule has 17 heavy (non-hydrogen) atoms. The first-order valence-corrected chi connectivity index (χ1v) is 5.80. The average Bonchev–Trinajstić information content (AvgIpc) is 2.88. The van der Waals surface area contributed by atoms with Crippen LogP contribution in [0.5, 0.6) is 0 Å². The van der Waals surface area contributed by atoms with Gasteiger partial charge in [-0.05, 0) is 46.4 Å². The minimum absolute atomic E-state index is 0.132. The summed E-state index contributed by atoms with van der Waals surface area (Å²) in [6, 6.07) is 12.6. The van der Waals surface area contributed by atoms with Crippen molar-refractivity contribution >= 4 is 11.9 Å². The zero-order chi connectivity index (χ0) is 11.4. The molecule has 0 aromatic heterocycles. The highest BCUT2D eigenvalue weighted by atomic mass is 16.1. The van der Waals surface area contributed by atoms with E-state index >= 15 is 0 Å². The summed E-state index contributed by atoms with van der Waals surface area (Å²) >= 11 is 0. The molecule has 0 aliphatic heterocycles. The average molecular weight is 218 g/mol. The van der Waals surface area contributed by atoms with E-state index in [-0.39, 0.29) is 5.78 Å². The van der Waals surface area contributed by atoms with E-state index in [2.05, 4.69) is 36.4 Å². The molecule has 0 spiro atoms. The monoisotopic (exact) mass is 218 g/mol. The largest absolute Gasteiger partial charge is 0.289 e. The second kappa shape index (κ2) is 2.95. The Morgan fingerprint density at radius 3 is 2.65 bits per heavy atom. The summed E-state index contributed by atoms with van der Waals surface area (Å²) in [6.45, 7) is 0. The fourth-order valence-corrected chi connectivity index (χ4v) is 2.81. The van der Waals surface area contributed by atoms with E-state index in [1.54, 1.807) is 6.08 Å². The van der Waals surface area contributed by atoms with Crippen LogP contribution in [0.3, 0.4) is 0 Å². The molecule has 0 saturated heterocycles. The number of carbonyl (C=O) groups is 1. The zero-order valence-corrected chi connectivity index (χ0v) is 9.23. The highest BCUT2D eigenvalue weighted by Gasteiger charge is 2.22. The maximum atomic E-state index is 11.7. The molecule has 0 fully saturated rings. The van der Waals surface area contributed by atoms with E-state index in [4.69, 9.17) is 0 Å². The summed E-state index contributed by atoms with van der Waals surface area (Å²) in [5.74, 6) is 0.132. The molecule has 0 bridgehead atoms. The summed E-state index contributed by atoms with van der Waals surface area (Å²) in [5.41, 5.74) is 7.13. The molecule has 2 aliphatic rings. The fourth-order valence-electron chi connectivity index (χ4n) is 2.81. The topological polar surface area (TPSA) is 17.1 Å². The Morgan fingerprint density at radius 1 is 0.824 bits per heavy atom. The highest BCUT2D eigenvalue weighted by molar-refractivity contribution is 6.14. The van der Waals surface area contributed by atoms with Crippen molar-refractivity contribution < 1.29 is 4.79 Å². The van der Waals surface area contributed by atoms with Crippen LogP contribution in [0, 0.1) is 0 Å². The van der Waals surface area contributed by atoms with Crippen LogP contribution >= 0.6 is 0 Å². The van der Waals surface area contributed by atoms with Crippen molar-refractivity contribution in [2.75, 3.05) is 0 Å². The lowest BCUT2D eigenvalue weighted by Crippen LogP contribution is -1.93. The van der Waals surface area contributed by atoms with Crippen molar-refractivity contribution in [3.8, 4) is 11.1 Å². The second-order valence-electron chi connectivity index (χ2n) is 4.63. The third-order valence-corrected chi connectivity index (χ3v) is 3.64. The molecule has 0 saturated carbocycles. The van der Waals surface area contributed by atoms with Crippen LogP contribution in [0.1, 0.15) is 27.0 Å². The summed E-state index contributed by atoms with van der Waals surface area (Å²) in [5, 5.41) is 0. The van der Waals surface area contributed by atoms with E-state index in [1.165, 1.54) is 22.3 Å². The summed E-state index contributed by atoms with van der Waals surface area (Å²) < 4.78 is 0. The Balaban J connectivity index is 2.01. The Kier molecular flexibility index (Phi) is 1.55. The van der Waals surface area contributed by atoms with Gasteiger partial charge in [-0.2, -0.15) is 0 Å². The predicted octanol–water partition coefficient (Wildman–Crippen LogP) is 3.47. The van der Waals surface area contributed by atoms with E-state index in [1.807, 2.05) is 6.08 Å². The van der Waals surface area contributed by atoms with Crippen LogP contribution in [0.25, 0.3) is 17.2 Å². The lowest BCUT2D eigenvalue weighted by Gasteiger charge is -2.04. The zero-order valence-electron chi connectivity index (χ0n) is 9.23. The number of hydrogen-bond acceptors (Lipinski definition) is 1. The molecule has 1 heteroatoms. The maximum absolute atomic E-state index is 11.7. The van der Waals surface area contributed by atoms with Crippen molar-refractivity contribution in [1.29, 1.82) is 0 Å². The van der Waals surface area contributed by atoms with Crippen LogP contribution in [-0.4, -0.2) is 5.78 Å². The van der Waals surface area contributed by atoms with Crippen molar-refractivity contribution in [1.82, 2.24) is 0 Å². The molecule has 0 amide bonds. The lowest BCUT2D eigenvalue weighted by molar-refractivity contribution is 0.105. The molecule has 0 unspecified atom stereocenters. The smallest absolute Gasteiger partial charge is 0.186 e. The third kappa shape index (κ3) is 1.11. The van der Waals surface area contributed by atoms with Crippen LogP contribution in [0.2, 0.25) is 0 Å². The molecule has 4 rings (SSSR count). The molecular weight excluding hydrogens is 208 g/mol. The Bertz CT molecular complexity index is 693. The van der Waals surface area contributed by atoms with Gasteiger partial charge >= 0.3 is 0 Å². The van der Waals surface area contributed by atoms with Gasteiger partial charge in [-0.25, -0.2) is 0 Å². The van der Waals surface area contributed by atoms with Crippen LogP contribution in [0.4, 0.5) is 0 Å². The van der Waals surface area contributed by atoms with Crippen molar-refractivity contribution in [3.05, 3.63) is 64.7 Å². The van der Waals surface area contributed by atoms with E-state index < -0.39 is 0 Å². The standard InChI is InChI=1S/C16H10O/c17-16-6-5-11-8-12-7-10-3-1-2-4-13(10)14(12)9-15(11)16/h1-6,8-9H,7H2. The summed E-state index contributed by atoms with van der Waals surface area (Å²) in [7, 11) is 0. The number of hydrogen-bond donors (Lipinski definition) is 0. The normalized spacial score (nSPS) is 14.7. The summed E-state index contributed by atoms with van der Waals surface area (Å²) in [6.07, 6.45) is 4.56. The van der Waals surface area contributed by atoms with Gasteiger partial charge in [-0.3, -0.25) is 4.79 Å². The molecule has 1 nitrogen and oxygen atoms in total. The quantitative estimate of drug-likeness (QED) is 0.564. The number of allylic oxidation sites excluding steroid dienone is 1. The van der Waals surface area contributed by atoms with Gasteiger partial charge in [0.2, 0.25) is 0 Å². The molecule has 0 atom stereocenters. The summed E-state index contributed by atoms with van der Waals surface area (Å²) in [4.78, 5) is 11.7. The lowest BCUT2D eigenvalue weighted by atomic mass is 9.99. The predicted molar refractivity (Wildman–Crippen MR) is 68.0 cm³/mol. The minimum atomic E-state index is 0.132. The van der Waals surface area contributed by atoms with Crippen LogP contribution < -0.4 is 0 Å². The van der Waals surface area contributed by atoms with Gasteiger partial charge in [-0.1, -0.05) is 36.4 Å². The van der Waals surface area contributed by atoms with Gasteiger partial charge in [0, 0.05) is 5.56 Å². The van der Waals surface area contributed by atoms with Crippen LogP contribution in [-0.2, 0) is 6.42 Å². The Hall–Kier alpha value is -2.15. The first-order valence-electron chi connectivity index (χ1n) is 5.80. The molecule has 0 N–H and O–H groups in total. The minimum Gasteiger partial charge on any atom is -0.289 e. The van der Waals surface area contributed by atoms with Gasteiger partial charge in [0.05, 0.1) is 0 Å². The van der Waals surface area contributed by atoms with Crippen LogP contribution in [0.15, 0.2) is 42.5 Å². The second-order valence-corrected chi connectivity index (χ2v) is 4.63. The molecular formula is C16H10O. The molecule has 2 aromatic rings. The van der Waals surface area contributed by atoms with Crippen molar-refractivity contribution in [2.45, 2.75) is 6.42 Å². The first-order chi connectivity index (χ1) is 8.33. The highest BCUT2D eigenvalue weighted by Crippen LogP contribution is 2.39. The fraction of sp³-hybridized carbons (Fsp3) is 0.0625.